The van der Waals surface area contributed by atoms with Crippen LogP contribution in [0.4, 0.5) is 0 Å². The van der Waals surface area contributed by atoms with E-state index in [1.54, 1.807) is 12.0 Å². The zero-order valence-electron chi connectivity index (χ0n) is 11.1. The number of carbonyl (C=O) groups excluding carboxylic acids is 1. The molecule has 0 aliphatic carbocycles. The van der Waals surface area contributed by atoms with Crippen molar-refractivity contribution in [2.45, 2.75) is 44.9 Å². The lowest BCUT2D eigenvalue weighted by molar-refractivity contribution is -0.134. The second kappa shape index (κ2) is 7.57. The van der Waals surface area contributed by atoms with Gasteiger partial charge in [-0.05, 0) is 5.92 Å². The molecule has 1 heterocycles. The van der Waals surface area contributed by atoms with E-state index in [0.29, 0.717) is 13.0 Å². The molecule has 0 aromatic carbocycles. The molecule has 0 spiro atoms. The summed E-state index contributed by atoms with van der Waals surface area (Å²) in [5.74, 6) is -0.00566. The maximum atomic E-state index is 12.2. The molecule has 1 saturated heterocycles. The summed E-state index contributed by atoms with van der Waals surface area (Å²) in [6, 6.07) is 1.22. The van der Waals surface area contributed by atoms with Crippen LogP contribution in [0.3, 0.4) is 0 Å². The molecule has 5 nitrogen and oxygen atoms in total. The largest absolute Gasteiger partial charge is 0.379 e. The molecule has 6 heteroatoms. The van der Waals surface area contributed by atoms with Crippen LogP contribution in [-0.4, -0.2) is 42.6 Å². The fraction of sp³-hybridized carbons (Fsp3) is 0.833. The Hall–Kier alpha value is -0.830. The number of likely N-dealkylation sites (tertiary alicyclic amines) is 1. The van der Waals surface area contributed by atoms with Crippen LogP contribution < -0.4 is 5.73 Å². The molecule has 1 amide bonds. The highest BCUT2D eigenvalue weighted by Crippen LogP contribution is 2.21. The molecular formula is C12H22ClN3O2. The molecule has 1 aliphatic heterocycles. The van der Waals surface area contributed by atoms with Gasteiger partial charge in [0.05, 0.1) is 18.2 Å². The molecule has 2 N–H and O–H groups in total. The van der Waals surface area contributed by atoms with Crippen LogP contribution in [0.5, 0.6) is 0 Å². The molecule has 104 valence electrons. The number of nitriles is 1. The minimum Gasteiger partial charge on any atom is -0.379 e. The van der Waals surface area contributed by atoms with Gasteiger partial charge in [0.25, 0.3) is 0 Å². The number of halogens is 1. The van der Waals surface area contributed by atoms with Crippen molar-refractivity contribution >= 4 is 18.3 Å². The van der Waals surface area contributed by atoms with Gasteiger partial charge in [-0.3, -0.25) is 4.79 Å². The zero-order valence-corrected chi connectivity index (χ0v) is 11.9. The monoisotopic (exact) mass is 275 g/mol. The van der Waals surface area contributed by atoms with E-state index >= 15 is 0 Å². The Bertz CT molecular complexity index is 319. The van der Waals surface area contributed by atoms with E-state index < -0.39 is 12.1 Å². The number of nitrogens with two attached hydrogens (primary N) is 1. The third kappa shape index (κ3) is 3.58. The van der Waals surface area contributed by atoms with Gasteiger partial charge < -0.3 is 15.4 Å². The zero-order chi connectivity index (χ0) is 13.0. The quantitative estimate of drug-likeness (QED) is 0.827. The van der Waals surface area contributed by atoms with Crippen molar-refractivity contribution in [3.05, 3.63) is 0 Å². The number of carbonyl (C=O) groups is 1. The SMILES string of the molecule is CC[C@H](C)[C@H](N)C(=O)N1C[C@@H](OC)C[C@H]1C#N.Cl. The van der Waals surface area contributed by atoms with Crippen LogP contribution in [0.15, 0.2) is 0 Å². The van der Waals surface area contributed by atoms with Crippen molar-refractivity contribution in [2.24, 2.45) is 11.7 Å². The van der Waals surface area contributed by atoms with Crippen LogP contribution in [0.25, 0.3) is 0 Å². The predicted octanol–water partition coefficient (Wildman–Crippen LogP) is 0.921. The molecule has 1 rings (SSSR count). The third-order valence-corrected chi connectivity index (χ3v) is 3.57. The van der Waals surface area contributed by atoms with Crippen LogP contribution in [0, 0.1) is 17.2 Å². The average molecular weight is 276 g/mol. The number of nitrogens with zero attached hydrogens (tertiary/aromatic N) is 2. The molecule has 4 atom stereocenters. The van der Waals surface area contributed by atoms with Gasteiger partial charge in [-0.1, -0.05) is 20.3 Å². The number of hydrogen-bond donors (Lipinski definition) is 1. The molecule has 0 aromatic rings. The number of methoxy groups -OCH3 is 1. The van der Waals surface area contributed by atoms with E-state index in [0.717, 1.165) is 6.42 Å². The van der Waals surface area contributed by atoms with Crippen molar-refractivity contribution in [1.82, 2.24) is 4.90 Å². The molecule has 0 saturated carbocycles. The smallest absolute Gasteiger partial charge is 0.240 e. The van der Waals surface area contributed by atoms with Crippen LogP contribution >= 0.6 is 12.4 Å². The number of hydrogen-bond acceptors (Lipinski definition) is 4. The summed E-state index contributed by atoms with van der Waals surface area (Å²) in [6.45, 7) is 4.42. The Kier molecular flexibility index (Phi) is 7.22. The van der Waals surface area contributed by atoms with E-state index in [-0.39, 0.29) is 30.3 Å². The van der Waals surface area contributed by atoms with E-state index in [4.69, 9.17) is 15.7 Å². The summed E-state index contributed by atoms with van der Waals surface area (Å²) in [5, 5.41) is 9.04. The molecular weight excluding hydrogens is 254 g/mol. The third-order valence-electron chi connectivity index (χ3n) is 3.57. The Balaban J connectivity index is 0.00000289. The van der Waals surface area contributed by atoms with Crippen LogP contribution in [0.1, 0.15) is 26.7 Å². The fourth-order valence-corrected chi connectivity index (χ4v) is 2.02. The minimum absolute atomic E-state index is 0. The lowest BCUT2D eigenvalue weighted by Gasteiger charge is -2.26. The summed E-state index contributed by atoms with van der Waals surface area (Å²) in [6.07, 6.45) is 1.38. The minimum atomic E-state index is -0.522. The van der Waals surface area contributed by atoms with Crippen LogP contribution in [-0.2, 0) is 9.53 Å². The Morgan fingerprint density at radius 1 is 1.67 bits per heavy atom. The fourth-order valence-electron chi connectivity index (χ4n) is 2.02. The van der Waals surface area contributed by atoms with Gasteiger partial charge in [0, 0.05) is 20.1 Å². The van der Waals surface area contributed by atoms with Crippen molar-refractivity contribution in [3.8, 4) is 6.07 Å². The maximum Gasteiger partial charge on any atom is 0.240 e. The van der Waals surface area contributed by atoms with Gasteiger partial charge in [0.15, 0.2) is 0 Å². The number of ether oxygens (including phenoxy) is 1. The van der Waals surface area contributed by atoms with Crippen molar-refractivity contribution in [2.75, 3.05) is 13.7 Å². The molecule has 1 aliphatic rings. The molecule has 0 aromatic heterocycles. The average Bonchev–Trinajstić information content (AvgIpc) is 2.79. The first-order chi connectivity index (χ1) is 8.04. The van der Waals surface area contributed by atoms with Crippen molar-refractivity contribution < 1.29 is 9.53 Å². The first-order valence-electron chi connectivity index (χ1n) is 6.03. The highest BCUT2D eigenvalue weighted by molar-refractivity contribution is 5.85. The highest BCUT2D eigenvalue weighted by Gasteiger charge is 2.38. The molecule has 0 unspecified atom stereocenters. The number of rotatable bonds is 4. The van der Waals surface area contributed by atoms with Gasteiger partial charge >= 0.3 is 0 Å². The van der Waals surface area contributed by atoms with Crippen molar-refractivity contribution in [1.29, 1.82) is 5.26 Å². The second-order valence-corrected chi connectivity index (χ2v) is 4.64. The van der Waals surface area contributed by atoms with Gasteiger partial charge in [-0.2, -0.15) is 5.26 Å². The van der Waals surface area contributed by atoms with E-state index in [1.165, 1.54) is 0 Å². The summed E-state index contributed by atoms with van der Waals surface area (Å²) >= 11 is 0. The predicted molar refractivity (Wildman–Crippen MR) is 71.2 cm³/mol. The second-order valence-electron chi connectivity index (χ2n) is 4.64. The normalized spacial score (nSPS) is 26.1. The highest BCUT2D eigenvalue weighted by atomic mass is 35.5. The lowest BCUT2D eigenvalue weighted by atomic mass is 9.99. The Morgan fingerprint density at radius 2 is 2.28 bits per heavy atom. The molecule has 0 radical (unpaired) electrons. The summed E-state index contributed by atoms with van der Waals surface area (Å²) in [4.78, 5) is 13.7. The topological polar surface area (TPSA) is 79.3 Å². The summed E-state index contributed by atoms with van der Waals surface area (Å²) < 4.78 is 5.20. The number of amides is 1. The van der Waals surface area contributed by atoms with Crippen molar-refractivity contribution in [3.63, 3.8) is 0 Å². The Labute approximate surface area is 115 Å². The van der Waals surface area contributed by atoms with E-state index in [9.17, 15) is 4.79 Å². The standard InChI is InChI=1S/C12H21N3O2.ClH/c1-4-8(2)11(14)12(16)15-7-10(17-3)5-9(15)6-13;/h8-11H,4-5,7,14H2,1-3H3;1H/t8-,9-,10-,11-;/m0./s1. The Morgan fingerprint density at radius 3 is 2.72 bits per heavy atom. The van der Waals surface area contributed by atoms with Gasteiger partial charge in [-0.15, -0.1) is 12.4 Å². The molecule has 18 heavy (non-hydrogen) atoms. The summed E-state index contributed by atoms with van der Waals surface area (Å²) in [5.41, 5.74) is 5.91. The van der Waals surface area contributed by atoms with Gasteiger partial charge in [0.2, 0.25) is 5.91 Å². The van der Waals surface area contributed by atoms with Crippen LogP contribution in [0.2, 0.25) is 0 Å². The molecule has 0 bridgehead atoms. The summed E-state index contributed by atoms with van der Waals surface area (Å²) in [7, 11) is 1.60. The van der Waals surface area contributed by atoms with Gasteiger partial charge in [0.1, 0.15) is 6.04 Å². The van der Waals surface area contributed by atoms with E-state index in [1.807, 2.05) is 13.8 Å². The maximum absolute atomic E-state index is 12.2. The van der Waals surface area contributed by atoms with E-state index in [2.05, 4.69) is 6.07 Å². The first-order valence-corrected chi connectivity index (χ1v) is 6.03. The molecule has 1 fully saturated rings. The first kappa shape index (κ1) is 17.2. The lowest BCUT2D eigenvalue weighted by Crippen LogP contribution is -2.48. The van der Waals surface area contributed by atoms with Gasteiger partial charge in [-0.25, -0.2) is 0 Å².